The molecule has 1 fully saturated rings. The van der Waals surface area contributed by atoms with Gasteiger partial charge in [0.15, 0.2) is 11.6 Å². The third kappa shape index (κ3) is 2.67. The fourth-order valence-corrected chi connectivity index (χ4v) is 2.28. The molecule has 2 rings (SSSR count). The van der Waals surface area contributed by atoms with Crippen molar-refractivity contribution in [3.05, 3.63) is 17.9 Å². The fraction of sp³-hybridized carbons (Fsp3) is 0.538. The molecule has 18 heavy (non-hydrogen) atoms. The van der Waals surface area contributed by atoms with Crippen LogP contribution in [-0.4, -0.2) is 45.2 Å². The molecule has 0 atom stereocenters. The summed E-state index contributed by atoms with van der Waals surface area (Å²) in [6.45, 7) is 3.90. The van der Waals surface area contributed by atoms with E-state index in [9.17, 15) is 4.39 Å². The largest absolute Gasteiger partial charge is 0.494 e. The molecule has 1 aromatic rings. The Morgan fingerprint density at radius 1 is 1.22 bits per heavy atom. The first-order valence-corrected chi connectivity index (χ1v) is 6.18. The lowest BCUT2D eigenvalue weighted by atomic mass is 10.2. The maximum absolute atomic E-state index is 13.5. The minimum atomic E-state index is -0.411. The number of benzene rings is 1. The van der Waals surface area contributed by atoms with Crippen molar-refractivity contribution >= 4 is 11.4 Å². The van der Waals surface area contributed by atoms with E-state index in [4.69, 9.17) is 10.5 Å². The molecular weight excluding hydrogens is 233 g/mol. The molecule has 100 valence electrons. The number of nitrogens with two attached hydrogens (primary N) is 1. The number of nitrogens with zero attached hydrogens (tertiary/aromatic N) is 2. The van der Waals surface area contributed by atoms with Crippen LogP contribution in [0.15, 0.2) is 12.1 Å². The molecule has 0 saturated carbocycles. The molecular formula is C13H20FN3O. The van der Waals surface area contributed by atoms with Gasteiger partial charge in [0, 0.05) is 31.8 Å². The molecule has 0 amide bonds. The van der Waals surface area contributed by atoms with Crippen LogP contribution in [0.5, 0.6) is 5.75 Å². The monoisotopic (exact) mass is 253 g/mol. The molecule has 0 unspecified atom stereocenters. The third-order valence-corrected chi connectivity index (χ3v) is 3.36. The molecule has 1 aromatic carbocycles. The molecule has 1 saturated heterocycles. The second-order valence-corrected chi connectivity index (χ2v) is 4.69. The van der Waals surface area contributed by atoms with Gasteiger partial charge in [0.05, 0.1) is 18.5 Å². The van der Waals surface area contributed by atoms with Crippen LogP contribution in [0.2, 0.25) is 0 Å². The van der Waals surface area contributed by atoms with Crippen LogP contribution >= 0.6 is 0 Å². The van der Waals surface area contributed by atoms with Gasteiger partial charge in [0.2, 0.25) is 0 Å². The standard InChI is InChI=1S/C13H20FN3O/c1-16-4-3-5-17(7-6-16)12-9-13(18-2)10(14)8-11(12)15/h8-9H,3-7,15H2,1-2H3. The van der Waals surface area contributed by atoms with Gasteiger partial charge in [-0.15, -0.1) is 0 Å². The van der Waals surface area contributed by atoms with Gasteiger partial charge in [-0.3, -0.25) is 0 Å². The summed E-state index contributed by atoms with van der Waals surface area (Å²) in [6.07, 6.45) is 1.08. The molecule has 0 bridgehead atoms. The van der Waals surface area contributed by atoms with Crippen molar-refractivity contribution in [2.24, 2.45) is 0 Å². The van der Waals surface area contributed by atoms with E-state index in [2.05, 4.69) is 16.8 Å². The summed E-state index contributed by atoms with van der Waals surface area (Å²) >= 11 is 0. The SMILES string of the molecule is COc1cc(N2CCCN(C)CC2)c(N)cc1F. The summed E-state index contributed by atoms with van der Waals surface area (Å²) in [7, 11) is 3.58. The Morgan fingerprint density at radius 2 is 2.00 bits per heavy atom. The highest BCUT2D eigenvalue weighted by Gasteiger charge is 2.17. The first-order valence-electron chi connectivity index (χ1n) is 6.18. The van der Waals surface area contributed by atoms with E-state index in [-0.39, 0.29) is 5.75 Å². The topological polar surface area (TPSA) is 41.7 Å². The van der Waals surface area contributed by atoms with Crippen LogP contribution in [-0.2, 0) is 0 Å². The van der Waals surface area contributed by atoms with E-state index in [0.29, 0.717) is 5.69 Å². The summed E-state index contributed by atoms with van der Waals surface area (Å²) in [6, 6.07) is 3.03. The summed E-state index contributed by atoms with van der Waals surface area (Å²) in [5.74, 6) is -0.164. The highest BCUT2D eigenvalue weighted by atomic mass is 19.1. The predicted octanol–water partition coefficient (Wildman–Crippen LogP) is 1.56. The van der Waals surface area contributed by atoms with Gasteiger partial charge in [0.1, 0.15) is 0 Å². The van der Waals surface area contributed by atoms with Crippen molar-refractivity contribution in [1.29, 1.82) is 0 Å². The maximum Gasteiger partial charge on any atom is 0.167 e. The number of hydrogen-bond acceptors (Lipinski definition) is 4. The number of likely N-dealkylation sites (N-methyl/N-ethyl adjacent to an activating group) is 1. The second kappa shape index (κ2) is 5.44. The molecule has 4 nitrogen and oxygen atoms in total. The Bertz CT molecular complexity index is 425. The quantitative estimate of drug-likeness (QED) is 0.812. The Balaban J connectivity index is 2.26. The van der Waals surface area contributed by atoms with Gasteiger partial charge in [0.25, 0.3) is 0 Å². The lowest BCUT2D eigenvalue weighted by Crippen LogP contribution is -2.29. The van der Waals surface area contributed by atoms with Crippen molar-refractivity contribution < 1.29 is 9.13 Å². The van der Waals surface area contributed by atoms with Gasteiger partial charge < -0.3 is 20.3 Å². The minimum absolute atomic E-state index is 0.247. The van der Waals surface area contributed by atoms with Crippen molar-refractivity contribution in [3.8, 4) is 5.75 Å². The molecule has 1 heterocycles. The number of ether oxygens (including phenoxy) is 1. The number of methoxy groups -OCH3 is 1. The molecule has 5 heteroatoms. The van der Waals surface area contributed by atoms with Crippen LogP contribution in [0.3, 0.4) is 0 Å². The van der Waals surface area contributed by atoms with E-state index in [1.165, 1.54) is 13.2 Å². The van der Waals surface area contributed by atoms with Gasteiger partial charge in [-0.2, -0.15) is 0 Å². The molecule has 0 aliphatic carbocycles. The average molecular weight is 253 g/mol. The molecule has 0 radical (unpaired) electrons. The fourth-order valence-electron chi connectivity index (χ4n) is 2.28. The van der Waals surface area contributed by atoms with E-state index in [1.54, 1.807) is 6.07 Å². The maximum atomic E-state index is 13.5. The van der Waals surface area contributed by atoms with Crippen molar-refractivity contribution in [1.82, 2.24) is 4.90 Å². The number of hydrogen-bond donors (Lipinski definition) is 1. The lowest BCUT2D eigenvalue weighted by molar-refractivity contribution is 0.360. The number of nitrogen functional groups attached to an aromatic ring is 1. The zero-order valence-electron chi connectivity index (χ0n) is 10.9. The van der Waals surface area contributed by atoms with Gasteiger partial charge in [-0.05, 0) is 20.0 Å². The van der Waals surface area contributed by atoms with Crippen LogP contribution < -0.4 is 15.4 Å². The molecule has 0 aromatic heterocycles. The summed E-state index contributed by atoms with van der Waals surface area (Å²) in [4.78, 5) is 4.48. The van der Waals surface area contributed by atoms with E-state index in [0.717, 1.165) is 38.3 Å². The van der Waals surface area contributed by atoms with E-state index in [1.807, 2.05) is 0 Å². The smallest absolute Gasteiger partial charge is 0.167 e. The summed E-state index contributed by atoms with van der Waals surface area (Å²) in [5.41, 5.74) is 7.25. The highest BCUT2D eigenvalue weighted by Crippen LogP contribution is 2.31. The normalized spacial score (nSPS) is 17.6. The highest BCUT2D eigenvalue weighted by molar-refractivity contribution is 5.70. The Labute approximate surface area is 107 Å². The van der Waals surface area contributed by atoms with Crippen molar-refractivity contribution in [2.45, 2.75) is 6.42 Å². The van der Waals surface area contributed by atoms with Crippen LogP contribution in [0.25, 0.3) is 0 Å². The predicted molar refractivity (Wildman–Crippen MR) is 71.7 cm³/mol. The second-order valence-electron chi connectivity index (χ2n) is 4.69. The summed E-state index contributed by atoms with van der Waals surface area (Å²) in [5, 5.41) is 0. The zero-order chi connectivity index (χ0) is 13.1. The minimum Gasteiger partial charge on any atom is -0.494 e. The Hall–Kier alpha value is -1.49. The van der Waals surface area contributed by atoms with Crippen LogP contribution in [0.4, 0.5) is 15.8 Å². The first-order chi connectivity index (χ1) is 8.61. The lowest BCUT2D eigenvalue weighted by Gasteiger charge is -2.25. The zero-order valence-corrected chi connectivity index (χ0v) is 10.9. The molecule has 1 aliphatic rings. The summed E-state index contributed by atoms with van der Waals surface area (Å²) < 4.78 is 18.5. The van der Waals surface area contributed by atoms with Gasteiger partial charge in [-0.1, -0.05) is 0 Å². The van der Waals surface area contributed by atoms with E-state index < -0.39 is 5.82 Å². The molecule has 0 spiro atoms. The number of anilines is 2. The van der Waals surface area contributed by atoms with E-state index >= 15 is 0 Å². The third-order valence-electron chi connectivity index (χ3n) is 3.36. The van der Waals surface area contributed by atoms with Crippen LogP contribution in [0, 0.1) is 5.82 Å². The molecule has 2 N–H and O–H groups in total. The van der Waals surface area contributed by atoms with Crippen molar-refractivity contribution in [3.63, 3.8) is 0 Å². The van der Waals surface area contributed by atoms with Crippen LogP contribution in [0.1, 0.15) is 6.42 Å². The Kier molecular flexibility index (Phi) is 3.91. The van der Waals surface area contributed by atoms with Gasteiger partial charge >= 0.3 is 0 Å². The number of halogens is 1. The molecule has 1 aliphatic heterocycles. The Morgan fingerprint density at radius 3 is 2.72 bits per heavy atom. The van der Waals surface area contributed by atoms with Crippen molar-refractivity contribution in [2.75, 3.05) is 51.0 Å². The number of rotatable bonds is 2. The first kappa shape index (κ1) is 13.0. The average Bonchev–Trinajstić information content (AvgIpc) is 2.54. The van der Waals surface area contributed by atoms with Gasteiger partial charge in [-0.25, -0.2) is 4.39 Å².